The number of hydrazone groups is 1. The molecular formula is C24H21ClN4O4. The van der Waals surface area contributed by atoms with Crippen LogP contribution in [0, 0.1) is 0 Å². The minimum atomic E-state index is -0.923. The first-order valence-electron chi connectivity index (χ1n) is 9.93. The summed E-state index contributed by atoms with van der Waals surface area (Å²) < 4.78 is 5.46. The van der Waals surface area contributed by atoms with E-state index < -0.39 is 11.8 Å². The Morgan fingerprint density at radius 3 is 2.39 bits per heavy atom. The van der Waals surface area contributed by atoms with Gasteiger partial charge in [0.1, 0.15) is 5.75 Å². The summed E-state index contributed by atoms with van der Waals surface area (Å²) in [7, 11) is 0. The Kier molecular flexibility index (Phi) is 8.55. The molecule has 33 heavy (non-hydrogen) atoms. The van der Waals surface area contributed by atoms with Gasteiger partial charge >= 0.3 is 11.8 Å². The lowest BCUT2D eigenvalue weighted by molar-refractivity contribution is -0.136. The Morgan fingerprint density at radius 1 is 0.909 bits per heavy atom. The summed E-state index contributed by atoms with van der Waals surface area (Å²) in [5.41, 5.74) is 4.21. The SMILES string of the molecule is O=C(COc1ccc(/C=N\NC(=O)C(=O)Nc2cccc(Cl)c2)cc1)NCc1ccccc1. The lowest BCUT2D eigenvalue weighted by atomic mass is 10.2. The summed E-state index contributed by atoms with van der Waals surface area (Å²) in [5, 5.41) is 9.40. The molecular weight excluding hydrogens is 444 g/mol. The predicted octanol–water partition coefficient (Wildman–Crippen LogP) is 3.12. The van der Waals surface area contributed by atoms with Gasteiger partial charge < -0.3 is 15.4 Å². The predicted molar refractivity (Wildman–Crippen MR) is 126 cm³/mol. The second-order valence-corrected chi connectivity index (χ2v) is 7.22. The third-order valence-electron chi connectivity index (χ3n) is 4.25. The lowest BCUT2D eigenvalue weighted by Gasteiger charge is -2.08. The van der Waals surface area contributed by atoms with Crippen molar-refractivity contribution in [2.45, 2.75) is 6.54 Å². The molecule has 3 amide bonds. The summed E-state index contributed by atoms with van der Waals surface area (Å²) in [6.45, 7) is 0.319. The van der Waals surface area contributed by atoms with Crippen molar-refractivity contribution < 1.29 is 19.1 Å². The number of amides is 3. The fourth-order valence-corrected chi connectivity index (χ4v) is 2.81. The maximum atomic E-state index is 11.9. The van der Waals surface area contributed by atoms with Crippen LogP contribution in [0.25, 0.3) is 0 Å². The van der Waals surface area contributed by atoms with Crippen LogP contribution in [0.3, 0.4) is 0 Å². The Bertz CT molecular complexity index is 1130. The normalized spacial score (nSPS) is 10.5. The van der Waals surface area contributed by atoms with Crippen molar-refractivity contribution in [2.24, 2.45) is 5.10 Å². The van der Waals surface area contributed by atoms with Gasteiger partial charge in [-0.25, -0.2) is 5.43 Å². The van der Waals surface area contributed by atoms with Crippen LogP contribution in [0.1, 0.15) is 11.1 Å². The summed E-state index contributed by atoms with van der Waals surface area (Å²) in [4.78, 5) is 35.6. The number of anilines is 1. The number of carbonyl (C=O) groups excluding carboxylic acids is 3. The van der Waals surface area contributed by atoms with E-state index in [4.69, 9.17) is 16.3 Å². The van der Waals surface area contributed by atoms with Crippen molar-refractivity contribution in [1.29, 1.82) is 0 Å². The molecule has 8 nitrogen and oxygen atoms in total. The quantitative estimate of drug-likeness (QED) is 0.270. The summed E-state index contributed by atoms with van der Waals surface area (Å²) >= 11 is 5.84. The molecule has 0 unspecified atom stereocenters. The van der Waals surface area contributed by atoms with Crippen LogP contribution in [0.15, 0.2) is 84.0 Å². The number of rotatable bonds is 8. The van der Waals surface area contributed by atoms with Crippen molar-refractivity contribution in [3.8, 4) is 5.75 Å². The molecule has 0 heterocycles. The van der Waals surface area contributed by atoms with E-state index in [1.807, 2.05) is 30.3 Å². The number of carbonyl (C=O) groups is 3. The van der Waals surface area contributed by atoms with Gasteiger partial charge in [-0.3, -0.25) is 14.4 Å². The molecule has 0 saturated carbocycles. The highest BCUT2D eigenvalue weighted by Crippen LogP contribution is 2.14. The smallest absolute Gasteiger partial charge is 0.329 e. The van der Waals surface area contributed by atoms with Crippen LogP contribution in [0.2, 0.25) is 5.02 Å². The van der Waals surface area contributed by atoms with Crippen molar-refractivity contribution in [1.82, 2.24) is 10.7 Å². The Morgan fingerprint density at radius 2 is 1.67 bits per heavy atom. The summed E-state index contributed by atoms with van der Waals surface area (Å²) in [6, 6.07) is 22.7. The summed E-state index contributed by atoms with van der Waals surface area (Å²) in [5.74, 6) is -1.52. The van der Waals surface area contributed by atoms with Crippen molar-refractivity contribution >= 4 is 41.2 Å². The molecule has 0 bridgehead atoms. The molecule has 0 spiro atoms. The minimum Gasteiger partial charge on any atom is -0.484 e. The number of nitrogens with zero attached hydrogens (tertiary/aromatic N) is 1. The topological polar surface area (TPSA) is 109 Å². The molecule has 168 valence electrons. The van der Waals surface area contributed by atoms with E-state index in [0.29, 0.717) is 28.6 Å². The molecule has 3 N–H and O–H groups in total. The van der Waals surface area contributed by atoms with Gasteiger partial charge in [0, 0.05) is 17.3 Å². The van der Waals surface area contributed by atoms with Crippen LogP contribution < -0.4 is 20.8 Å². The van der Waals surface area contributed by atoms with Crippen LogP contribution >= 0.6 is 11.6 Å². The minimum absolute atomic E-state index is 0.113. The van der Waals surface area contributed by atoms with Crippen molar-refractivity contribution in [2.75, 3.05) is 11.9 Å². The zero-order valence-corrected chi connectivity index (χ0v) is 18.2. The van der Waals surface area contributed by atoms with Gasteiger partial charge in [-0.1, -0.05) is 48.0 Å². The molecule has 3 rings (SSSR count). The van der Waals surface area contributed by atoms with Crippen LogP contribution in [-0.2, 0) is 20.9 Å². The number of ether oxygens (including phenoxy) is 1. The molecule has 0 aliphatic heterocycles. The van der Waals surface area contributed by atoms with E-state index >= 15 is 0 Å². The van der Waals surface area contributed by atoms with Gasteiger partial charge in [0.15, 0.2) is 6.61 Å². The van der Waals surface area contributed by atoms with Gasteiger partial charge in [-0.05, 0) is 53.6 Å². The number of nitrogens with one attached hydrogen (secondary N) is 3. The maximum Gasteiger partial charge on any atom is 0.329 e. The van der Waals surface area contributed by atoms with Crippen LogP contribution in [-0.4, -0.2) is 30.5 Å². The van der Waals surface area contributed by atoms with E-state index in [9.17, 15) is 14.4 Å². The molecule has 0 atom stereocenters. The van der Waals surface area contributed by atoms with E-state index in [2.05, 4.69) is 21.2 Å². The first-order chi connectivity index (χ1) is 16.0. The monoisotopic (exact) mass is 464 g/mol. The molecule has 0 aliphatic carbocycles. The van der Waals surface area contributed by atoms with E-state index in [-0.39, 0.29) is 12.5 Å². The Balaban J connectivity index is 1.39. The molecule has 3 aromatic rings. The first kappa shape index (κ1) is 23.5. The van der Waals surface area contributed by atoms with Gasteiger partial charge in [0.05, 0.1) is 6.21 Å². The van der Waals surface area contributed by atoms with Gasteiger partial charge in [-0.15, -0.1) is 0 Å². The number of halogens is 1. The zero-order valence-electron chi connectivity index (χ0n) is 17.5. The highest BCUT2D eigenvalue weighted by atomic mass is 35.5. The largest absolute Gasteiger partial charge is 0.484 e. The maximum absolute atomic E-state index is 11.9. The molecule has 0 radical (unpaired) electrons. The molecule has 0 fully saturated rings. The second kappa shape index (κ2) is 12.0. The zero-order chi connectivity index (χ0) is 23.5. The fraction of sp³-hybridized carbons (Fsp3) is 0.0833. The number of hydrogen-bond acceptors (Lipinski definition) is 5. The van der Waals surface area contributed by atoms with Gasteiger partial charge in [0.25, 0.3) is 5.91 Å². The highest BCUT2D eigenvalue weighted by Gasteiger charge is 2.12. The average molecular weight is 465 g/mol. The highest BCUT2D eigenvalue weighted by molar-refractivity contribution is 6.39. The number of hydrogen-bond donors (Lipinski definition) is 3. The van der Waals surface area contributed by atoms with Crippen LogP contribution in [0.5, 0.6) is 5.75 Å². The third-order valence-corrected chi connectivity index (χ3v) is 4.49. The lowest BCUT2D eigenvalue weighted by Crippen LogP contribution is -2.32. The third kappa shape index (κ3) is 8.12. The molecule has 0 aliphatic rings. The van der Waals surface area contributed by atoms with Gasteiger partial charge in [-0.2, -0.15) is 5.10 Å². The van der Waals surface area contributed by atoms with Crippen LogP contribution in [0.4, 0.5) is 5.69 Å². The fourth-order valence-electron chi connectivity index (χ4n) is 2.62. The Hall–Kier alpha value is -4.17. The van der Waals surface area contributed by atoms with E-state index in [0.717, 1.165) is 5.56 Å². The van der Waals surface area contributed by atoms with Gasteiger partial charge in [0.2, 0.25) is 0 Å². The van der Waals surface area contributed by atoms with Crippen molar-refractivity contribution in [3.63, 3.8) is 0 Å². The standard InChI is InChI=1S/C24H21ClN4O4/c25-19-7-4-8-20(13-19)28-23(31)24(32)29-27-15-18-9-11-21(12-10-18)33-16-22(30)26-14-17-5-2-1-3-6-17/h1-13,15H,14,16H2,(H,26,30)(H,28,31)(H,29,32)/b27-15-. The molecule has 9 heteroatoms. The van der Waals surface area contributed by atoms with Crippen molar-refractivity contribution in [3.05, 3.63) is 95.0 Å². The van der Waals surface area contributed by atoms with E-state index in [1.54, 1.807) is 42.5 Å². The second-order valence-electron chi connectivity index (χ2n) is 6.78. The molecule has 3 aromatic carbocycles. The molecule has 0 aromatic heterocycles. The first-order valence-corrected chi connectivity index (χ1v) is 10.3. The van der Waals surface area contributed by atoms with E-state index in [1.165, 1.54) is 12.3 Å². The Labute approximate surface area is 195 Å². The average Bonchev–Trinajstić information content (AvgIpc) is 2.83. The summed E-state index contributed by atoms with van der Waals surface area (Å²) in [6.07, 6.45) is 1.38. The molecule has 0 saturated heterocycles. The number of benzene rings is 3.